The second kappa shape index (κ2) is 10.1. The SMILES string of the molecule is Cc1ccc(NS(=O)(=O)c2ccc(NC(=O)CN(c3ccc(C)c(C)c3)S(C)(=O)=O)cc2)cc1C. The maximum Gasteiger partial charge on any atom is 0.261 e. The van der Waals surface area contributed by atoms with Gasteiger partial charge in [-0.15, -0.1) is 0 Å². The summed E-state index contributed by atoms with van der Waals surface area (Å²) in [6.45, 7) is 7.20. The summed E-state index contributed by atoms with van der Waals surface area (Å²) in [6.07, 6.45) is 1.04. The molecule has 0 aliphatic heterocycles. The van der Waals surface area contributed by atoms with Gasteiger partial charge in [-0.1, -0.05) is 12.1 Å². The summed E-state index contributed by atoms with van der Waals surface area (Å²) < 4.78 is 53.7. The molecule has 0 aromatic heterocycles. The predicted molar refractivity (Wildman–Crippen MR) is 140 cm³/mol. The van der Waals surface area contributed by atoms with E-state index < -0.39 is 32.5 Å². The van der Waals surface area contributed by atoms with E-state index in [4.69, 9.17) is 0 Å². The van der Waals surface area contributed by atoms with Gasteiger partial charge in [-0.3, -0.25) is 13.8 Å². The quantitative estimate of drug-likeness (QED) is 0.469. The molecule has 3 rings (SSSR count). The molecule has 8 nitrogen and oxygen atoms in total. The highest BCUT2D eigenvalue weighted by Gasteiger charge is 2.22. The van der Waals surface area contributed by atoms with Crippen molar-refractivity contribution >= 4 is 43.0 Å². The van der Waals surface area contributed by atoms with Gasteiger partial charge in [-0.25, -0.2) is 16.8 Å². The molecule has 0 saturated carbocycles. The van der Waals surface area contributed by atoms with E-state index in [2.05, 4.69) is 10.0 Å². The Balaban J connectivity index is 1.72. The lowest BCUT2D eigenvalue weighted by Gasteiger charge is -2.22. The normalized spacial score (nSPS) is 11.7. The molecule has 10 heteroatoms. The Bertz CT molecular complexity index is 1470. The maximum atomic E-state index is 12.7. The van der Waals surface area contributed by atoms with Crippen molar-refractivity contribution in [2.24, 2.45) is 0 Å². The highest BCUT2D eigenvalue weighted by Crippen LogP contribution is 2.23. The van der Waals surface area contributed by atoms with Gasteiger partial charge in [0.25, 0.3) is 10.0 Å². The molecule has 0 aliphatic rings. The van der Waals surface area contributed by atoms with Crippen molar-refractivity contribution in [1.29, 1.82) is 0 Å². The molecule has 0 bridgehead atoms. The monoisotopic (exact) mass is 515 g/mol. The zero-order valence-corrected chi connectivity index (χ0v) is 21.9. The molecule has 0 radical (unpaired) electrons. The van der Waals surface area contributed by atoms with Crippen molar-refractivity contribution in [3.63, 3.8) is 0 Å². The molecule has 0 unspecified atom stereocenters. The number of anilines is 3. The third-order valence-corrected chi connectivity index (χ3v) is 8.21. The molecule has 0 fully saturated rings. The minimum atomic E-state index is -3.82. The summed E-state index contributed by atoms with van der Waals surface area (Å²) in [5.41, 5.74) is 5.12. The van der Waals surface area contributed by atoms with E-state index in [0.29, 0.717) is 17.1 Å². The third-order valence-electron chi connectivity index (χ3n) is 5.67. The number of hydrogen-bond donors (Lipinski definition) is 2. The minimum Gasteiger partial charge on any atom is -0.325 e. The molecule has 0 spiro atoms. The minimum absolute atomic E-state index is 0.0293. The summed E-state index contributed by atoms with van der Waals surface area (Å²) in [5, 5.41) is 2.62. The van der Waals surface area contributed by atoms with Crippen LogP contribution >= 0.6 is 0 Å². The second-order valence-electron chi connectivity index (χ2n) is 8.52. The Kier molecular flexibility index (Phi) is 7.56. The van der Waals surface area contributed by atoms with Crippen LogP contribution in [0.4, 0.5) is 17.1 Å². The van der Waals surface area contributed by atoms with Crippen LogP contribution in [0.2, 0.25) is 0 Å². The van der Waals surface area contributed by atoms with Crippen molar-refractivity contribution in [2.75, 3.05) is 27.1 Å². The number of rotatable bonds is 8. The van der Waals surface area contributed by atoms with E-state index in [0.717, 1.165) is 32.8 Å². The summed E-state index contributed by atoms with van der Waals surface area (Å²) in [7, 11) is -7.53. The molecule has 2 N–H and O–H groups in total. The number of nitrogens with one attached hydrogen (secondary N) is 2. The first-order valence-corrected chi connectivity index (χ1v) is 14.1. The lowest BCUT2D eigenvalue weighted by Crippen LogP contribution is -2.37. The van der Waals surface area contributed by atoms with Crippen LogP contribution < -0.4 is 14.3 Å². The van der Waals surface area contributed by atoms with Crippen molar-refractivity contribution in [3.05, 3.63) is 82.9 Å². The molecule has 0 saturated heterocycles. The van der Waals surface area contributed by atoms with E-state index in [1.807, 2.05) is 33.8 Å². The number of aryl methyl sites for hydroxylation is 4. The van der Waals surface area contributed by atoms with Gasteiger partial charge < -0.3 is 5.32 Å². The van der Waals surface area contributed by atoms with E-state index >= 15 is 0 Å². The number of nitrogens with zero attached hydrogens (tertiary/aromatic N) is 1. The Morgan fingerprint density at radius 3 is 1.83 bits per heavy atom. The van der Waals surface area contributed by atoms with Crippen molar-refractivity contribution in [2.45, 2.75) is 32.6 Å². The molecule has 1 amide bonds. The van der Waals surface area contributed by atoms with Gasteiger partial charge >= 0.3 is 0 Å². The number of amides is 1. The standard InChI is InChI=1S/C25H29N3O5S2/c1-17-6-8-22(14-19(17)3)27-35(32,33)24-12-9-21(10-13-24)26-25(29)16-28(34(5,30)31)23-11-7-18(2)20(4)15-23/h6-15,27H,16H2,1-5H3,(H,26,29). The molecule has 0 aliphatic carbocycles. The Hall–Kier alpha value is -3.37. The van der Waals surface area contributed by atoms with Gasteiger partial charge in [-0.05, 0) is 98.5 Å². The highest BCUT2D eigenvalue weighted by atomic mass is 32.2. The summed E-state index contributed by atoms with van der Waals surface area (Å²) in [4.78, 5) is 12.7. The van der Waals surface area contributed by atoms with Crippen molar-refractivity contribution in [1.82, 2.24) is 0 Å². The van der Waals surface area contributed by atoms with Crippen LogP contribution in [0.25, 0.3) is 0 Å². The number of carbonyl (C=O) groups is 1. The van der Waals surface area contributed by atoms with E-state index in [9.17, 15) is 21.6 Å². The van der Waals surface area contributed by atoms with E-state index in [-0.39, 0.29) is 4.90 Å². The first kappa shape index (κ1) is 26.2. The van der Waals surface area contributed by atoms with Crippen molar-refractivity contribution < 1.29 is 21.6 Å². The average Bonchev–Trinajstić information content (AvgIpc) is 2.76. The van der Waals surface area contributed by atoms with Gasteiger partial charge in [-0.2, -0.15) is 0 Å². The fraction of sp³-hybridized carbons (Fsp3) is 0.240. The van der Waals surface area contributed by atoms with E-state index in [1.54, 1.807) is 30.3 Å². The maximum absolute atomic E-state index is 12.7. The first-order valence-electron chi connectivity index (χ1n) is 10.8. The Morgan fingerprint density at radius 1 is 0.743 bits per heavy atom. The van der Waals surface area contributed by atoms with E-state index in [1.165, 1.54) is 24.3 Å². The Labute approximate surface area is 207 Å². The Morgan fingerprint density at radius 2 is 1.29 bits per heavy atom. The highest BCUT2D eigenvalue weighted by molar-refractivity contribution is 7.92. The lowest BCUT2D eigenvalue weighted by atomic mass is 10.1. The van der Waals surface area contributed by atoms with Gasteiger partial charge in [0, 0.05) is 11.4 Å². The summed E-state index contributed by atoms with van der Waals surface area (Å²) in [6, 6.07) is 16.1. The zero-order valence-electron chi connectivity index (χ0n) is 20.3. The number of benzene rings is 3. The third kappa shape index (κ3) is 6.61. The molecular weight excluding hydrogens is 486 g/mol. The van der Waals surface area contributed by atoms with Gasteiger partial charge in [0.1, 0.15) is 6.54 Å². The molecule has 35 heavy (non-hydrogen) atoms. The van der Waals surface area contributed by atoms with Gasteiger partial charge in [0.15, 0.2) is 0 Å². The van der Waals surface area contributed by atoms with Crippen LogP contribution in [0.5, 0.6) is 0 Å². The van der Waals surface area contributed by atoms with Crippen LogP contribution in [0, 0.1) is 27.7 Å². The predicted octanol–water partition coefficient (Wildman–Crippen LogP) is 4.13. The summed E-state index contributed by atoms with van der Waals surface area (Å²) >= 11 is 0. The van der Waals surface area contributed by atoms with Crippen LogP contribution in [-0.4, -0.2) is 35.5 Å². The molecule has 3 aromatic carbocycles. The zero-order chi connectivity index (χ0) is 26.0. The largest absolute Gasteiger partial charge is 0.325 e. The fourth-order valence-corrected chi connectivity index (χ4v) is 5.25. The molecule has 0 heterocycles. The number of sulfonamides is 2. The number of carbonyl (C=O) groups excluding carboxylic acids is 1. The van der Waals surface area contributed by atoms with Crippen molar-refractivity contribution in [3.8, 4) is 0 Å². The molecule has 3 aromatic rings. The van der Waals surface area contributed by atoms with Gasteiger partial charge in [0.2, 0.25) is 15.9 Å². The summed E-state index contributed by atoms with van der Waals surface area (Å²) in [5.74, 6) is -0.558. The van der Waals surface area contributed by atoms with Crippen LogP contribution in [0.15, 0.2) is 65.6 Å². The smallest absolute Gasteiger partial charge is 0.261 e. The first-order chi connectivity index (χ1) is 16.3. The fourth-order valence-electron chi connectivity index (χ4n) is 3.35. The van der Waals surface area contributed by atoms with Crippen LogP contribution in [-0.2, 0) is 24.8 Å². The molecule has 186 valence electrons. The second-order valence-corrected chi connectivity index (χ2v) is 12.1. The molecule has 0 atom stereocenters. The topological polar surface area (TPSA) is 113 Å². The number of hydrogen-bond acceptors (Lipinski definition) is 5. The average molecular weight is 516 g/mol. The lowest BCUT2D eigenvalue weighted by molar-refractivity contribution is -0.114. The van der Waals surface area contributed by atoms with Crippen LogP contribution in [0.1, 0.15) is 22.3 Å². The van der Waals surface area contributed by atoms with Gasteiger partial charge in [0.05, 0.1) is 16.8 Å². The van der Waals surface area contributed by atoms with Crippen LogP contribution in [0.3, 0.4) is 0 Å². The molecular formula is C25H29N3O5S2.